The number of nitrogens with one attached hydrogen (secondary N) is 2. The molecule has 2 aromatic rings. The first-order valence-corrected chi connectivity index (χ1v) is 8.31. The second-order valence-electron chi connectivity index (χ2n) is 5.42. The van der Waals surface area contributed by atoms with E-state index in [4.69, 9.17) is 0 Å². The van der Waals surface area contributed by atoms with Gasteiger partial charge in [-0.25, -0.2) is 9.37 Å². The highest BCUT2D eigenvalue weighted by Gasteiger charge is 2.16. The van der Waals surface area contributed by atoms with E-state index < -0.39 is 0 Å². The van der Waals surface area contributed by atoms with Crippen LogP contribution in [0.25, 0.3) is 10.6 Å². The van der Waals surface area contributed by atoms with E-state index in [1.165, 1.54) is 23.8 Å². The first-order valence-electron chi connectivity index (χ1n) is 7.43. The molecule has 0 aliphatic carbocycles. The minimum atomic E-state index is -0.322. The summed E-state index contributed by atoms with van der Waals surface area (Å²) >= 11 is 1.28. The van der Waals surface area contributed by atoms with Crippen LogP contribution in [0.1, 0.15) is 23.3 Å². The van der Waals surface area contributed by atoms with Gasteiger partial charge in [0, 0.05) is 17.5 Å². The maximum absolute atomic E-state index is 13.7. The smallest absolute Gasteiger partial charge is 0.270 e. The van der Waals surface area contributed by atoms with E-state index in [0.717, 1.165) is 19.5 Å². The van der Waals surface area contributed by atoms with Gasteiger partial charge in [0.15, 0.2) is 0 Å². The van der Waals surface area contributed by atoms with Gasteiger partial charge < -0.3 is 10.6 Å². The summed E-state index contributed by atoms with van der Waals surface area (Å²) in [5.41, 5.74) is 0.788. The Labute approximate surface area is 157 Å². The zero-order chi connectivity index (χ0) is 15.4. The molecule has 1 aliphatic rings. The lowest BCUT2D eigenvalue weighted by molar-refractivity contribution is 0.0947. The Hall–Kier alpha value is -1.21. The molecule has 132 valence electrons. The Morgan fingerprint density at radius 1 is 1.38 bits per heavy atom. The average Bonchev–Trinajstić information content (AvgIpc) is 3.19. The molecule has 4 nitrogen and oxygen atoms in total. The zero-order valence-electron chi connectivity index (χ0n) is 13.0. The Kier molecular flexibility index (Phi) is 8.62. The molecule has 1 saturated heterocycles. The largest absolute Gasteiger partial charge is 0.351 e. The van der Waals surface area contributed by atoms with Gasteiger partial charge in [-0.2, -0.15) is 0 Å². The molecule has 0 saturated carbocycles. The molecule has 2 heterocycles. The molecule has 8 heteroatoms. The number of carbonyl (C=O) groups is 1. The Morgan fingerprint density at radius 2 is 2.17 bits per heavy atom. The fourth-order valence-electron chi connectivity index (χ4n) is 2.58. The molecule has 1 unspecified atom stereocenters. The number of hydrogen-bond donors (Lipinski definition) is 2. The van der Waals surface area contributed by atoms with E-state index in [1.807, 2.05) is 0 Å². The molecule has 24 heavy (non-hydrogen) atoms. The average molecular weight is 392 g/mol. The fourth-order valence-corrected chi connectivity index (χ4v) is 3.40. The Morgan fingerprint density at radius 3 is 2.88 bits per heavy atom. The van der Waals surface area contributed by atoms with Crippen molar-refractivity contribution in [3.05, 3.63) is 41.2 Å². The van der Waals surface area contributed by atoms with E-state index in [0.29, 0.717) is 28.7 Å². The van der Waals surface area contributed by atoms with Gasteiger partial charge in [0.1, 0.15) is 16.5 Å². The summed E-state index contributed by atoms with van der Waals surface area (Å²) in [5.74, 6) is 0.132. The quantitative estimate of drug-likeness (QED) is 0.819. The van der Waals surface area contributed by atoms with Crippen LogP contribution in [-0.2, 0) is 0 Å². The van der Waals surface area contributed by atoms with E-state index in [2.05, 4.69) is 15.6 Å². The van der Waals surface area contributed by atoms with Crippen LogP contribution in [-0.4, -0.2) is 30.5 Å². The summed E-state index contributed by atoms with van der Waals surface area (Å²) in [6, 6.07) is 6.46. The summed E-state index contributed by atoms with van der Waals surface area (Å²) in [5, 5.41) is 8.40. The van der Waals surface area contributed by atoms with Crippen molar-refractivity contribution < 1.29 is 9.18 Å². The third-order valence-corrected chi connectivity index (χ3v) is 4.72. The van der Waals surface area contributed by atoms with Gasteiger partial charge in [0.05, 0.1) is 0 Å². The number of rotatable bonds is 5. The molecule has 0 spiro atoms. The zero-order valence-corrected chi connectivity index (χ0v) is 15.4. The molecule has 0 radical (unpaired) electrons. The summed E-state index contributed by atoms with van der Waals surface area (Å²) in [7, 11) is 0. The second kappa shape index (κ2) is 9.93. The number of thiazole rings is 1. The van der Waals surface area contributed by atoms with Gasteiger partial charge in [0.2, 0.25) is 0 Å². The molecule has 1 amide bonds. The second-order valence-corrected chi connectivity index (χ2v) is 6.28. The third kappa shape index (κ3) is 5.14. The molecule has 1 aromatic carbocycles. The van der Waals surface area contributed by atoms with Gasteiger partial charge >= 0.3 is 0 Å². The van der Waals surface area contributed by atoms with Crippen molar-refractivity contribution >= 4 is 42.1 Å². The molecule has 1 aliphatic heterocycles. The molecule has 2 N–H and O–H groups in total. The molecule has 1 aromatic heterocycles. The summed E-state index contributed by atoms with van der Waals surface area (Å²) in [4.78, 5) is 16.3. The van der Waals surface area contributed by atoms with Crippen molar-refractivity contribution in [1.29, 1.82) is 0 Å². The fraction of sp³-hybridized carbons (Fsp3) is 0.375. The van der Waals surface area contributed by atoms with E-state index in [1.54, 1.807) is 23.6 Å². The number of carbonyl (C=O) groups excluding carboxylic acids is 1. The van der Waals surface area contributed by atoms with Crippen LogP contribution in [0.4, 0.5) is 4.39 Å². The molecular formula is C16H20Cl2FN3OS. The van der Waals surface area contributed by atoms with E-state index >= 15 is 0 Å². The van der Waals surface area contributed by atoms with Crippen LogP contribution in [0, 0.1) is 11.7 Å². The van der Waals surface area contributed by atoms with Crippen LogP contribution >= 0.6 is 36.2 Å². The maximum Gasteiger partial charge on any atom is 0.270 e. The van der Waals surface area contributed by atoms with Crippen LogP contribution in [0.5, 0.6) is 0 Å². The minimum Gasteiger partial charge on any atom is -0.351 e. The topological polar surface area (TPSA) is 54.0 Å². The van der Waals surface area contributed by atoms with Crippen molar-refractivity contribution in [3.8, 4) is 10.6 Å². The van der Waals surface area contributed by atoms with Gasteiger partial charge in [-0.05, 0) is 44.0 Å². The maximum atomic E-state index is 13.7. The number of halogens is 3. The highest BCUT2D eigenvalue weighted by atomic mass is 35.5. The van der Waals surface area contributed by atoms with Gasteiger partial charge in [0.25, 0.3) is 5.91 Å². The standard InChI is InChI=1S/C16H18FN3OS.2ClH/c17-13-4-2-1-3-12(13)16-20-14(10-22-16)15(21)19-8-6-11-5-7-18-9-11;;/h1-4,10-11,18H,5-9H2,(H,19,21);2*1H. The predicted molar refractivity (Wildman–Crippen MR) is 99.9 cm³/mol. The van der Waals surface area contributed by atoms with Crippen molar-refractivity contribution in [2.75, 3.05) is 19.6 Å². The molecule has 1 atom stereocenters. The first-order chi connectivity index (χ1) is 10.7. The van der Waals surface area contributed by atoms with Crippen molar-refractivity contribution in [1.82, 2.24) is 15.6 Å². The number of amides is 1. The van der Waals surface area contributed by atoms with E-state index in [9.17, 15) is 9.18 Å². The first kappa shape index (κ1) is 20.8. The molecule has 0 bridgehead atoms. The monoisotopic (exact) mass is 391 g/mol. The number of hydrogen-bond acceptors (Lipinski definition) is 4. The van der Waals surface area contributed by atoms with Gasteiger partial charge in [-0.15, -0.1) is 36.2 Å². The highest BCUT2D eigenvalue weighted by molar-refractivity contribution is 7.13. The van der Waals surface area contributed by atoms with Crippen LogP contribution in [0.15, 0.2) is 29.6 Å². The lowest BCUT2D eigenvalue weighted by Gasteiger charge is -2.08. The minimum absolute atomic E-state index is 0. The SMILES string of the molecule is Cl.Cl.O=C(NCCC1CCNC1)c1csc(-c2ccccc2F)n1. The predicted octanol–water partition coefficient (Wildman–Crippen LogP) is 3.52. The number of nitrogens with zero attached hydrogens (tertiary/aromatic N) is 1. The Bertz CT molecular complexity index is 662. The van der Waals surface area contributed by atoms with E-state index in [-0.39, 0.29) is 36.5 Å². The normalized spacial score (nSPS) is 16.1. The third-order valence-electron chi connectivity index (χ3n) is 3.84. The van der Waals surface area contributed by atoms with Gasteiger partial charge in [-0.3, -0.25) is 4.79 Å². The van der Waals surface area contributed by atoms with Crippen molar-refractivity contribution in [2.45, 2.75) is 12.8 Å². The Balaban J connectivity index is 0.00000144. The number of aromatic nitrogens is 1. The molecular weight excluding hydrogens is 372 g/mol. The highest BCUT2D eigenvalue weighted by Crippen LogP contribution is 2.26. The van der Waals surface area contributed by atoms with Crippen molar-refractivity contribution in [2.24, 2.45) is 5.92 Å². The lowest BCUT2D eigenvalue weighted by atomic mass is 10.1. The van der Waals surface area contributed by atoms with Crippen molar-refractivity contribution in [3.63, 3.8) is 0 Å². The lowest BCUT2D eigenvalue weighted by Crippen LogP contribution is -2.26. The van der Waals surface area contributed by atoms with Crippen LogP contribution in [0.3, 0.4) is 0 Å². The molecule has 3 rings (SSSR count). The van der Waals surface area contributed by atoms with Crippen LogP contribution < -0.4 is 10.6 Å². The van der Waals surface area contributed by atoms with Crippen LogP contribution in [0.2, 0.25) is 0 Å². The molecule has 1 fully saturated rings. The van der Waals surface area contributed by atoms with Gasteiger partial charge in [-0.1, -0.05) is 12.1 Å². The summed E-state index contributed by atoms with van der Waals surface area (Å²) in [6.07, 6.45) is 2.15. The summed E-state index contributed by atoms with van der Waals surface area (Å²) < 4.78 is 13.7. The summed E-state index contributed by atoms with van der Waals surface area (Å²) in [6.45, 7) is 2.75. The number of benzene rings is 1.